The molecule has 7 heteroatoms. The van der Waals surface area contributed by atoms with E-state index in [1.807, 2.05) is 0 Å². The van der Waals surface area contributed by atoms with Gasteiger partial charge in [0.05, 0.1) is 6.54 Å². The molecule has 17 heavy (non-hydrogen) atoms. The number of aromatic nitrogens is 2. The van der Waals surface area contributed by atoms with Gasteiger partial charge in [-0.3, -0.25) is 0 Å². The van der Waals surface area contributed by atoms with Crippen LogP contribution in [0.4, 0.5) is 13.2 Å². The molecule has 2 aromatic rings. The summed E-state index contributed by atoms with van der Waals surface area (Å²) in [6.07, 6.45) is 0. The fraction of sp³-hybridized carbons (Fsp3) is 0.200. The lowest BCUT2D eigenvalue weighted by Crippen LogP contribution is -2.04. The maximum atomic E-state index is 13.0. The second kappa shape index (κ2) is 4.54. The van der Waals surface area contributed by atoms with Gasteiger partial charge < -0.3 is 9.84 Å². The summed E-state index contributed by atoms with van der Waals surface area (Å²) in [6.45, 7) is 0.332. The Hall–Kier alpha value is -1.89. The predicted molar refractivity (Wildman–Crippen MR) is 52.4 cm³/mol. The molecule has 0 saturated heterocycles. The average Bonchev–Trinajstić information content (AvgIpc) is 2.74. The Kier molecular flexibility index (Phi) is 3.10. The third kappa shape index (κ3) is 2.28. The molecule has 4 nitrogen and oxygen atoms in total. The van der Waals surface area contributed by atoms with E-state index in [0.717, 1.165) is 12.1 Å². The summed E-state index contributed by atoms with van der Waals surface area (Å²) in [6, 6.07) is 1.62. The van der Waals surface area contributed by atoms with Crippen molar-refractivity contribution in [1.29, 1.82) is 0 Å². The van der Waals surface area contributed by atoms with Crippen molar-refractivity contribution in [1.82, 2.24) is 15.5 Å². The molecule has 0 atom stereocenters. The molecule has 0 unspecified atom stereocenters. The van der Waals surface area contributed by atoms with Crippen LogP contribution < -0.4 is 5.32 Å². The van der Waals surface area contributed by atoms with E-state index in [-0.39, 0.29) is 17.3 Å². The highest BCUT2D eigenvalue weighted by Gasteiger charge is 2.15. The SMILES string of the molecule is CNCc1nc(-c2cc(F)c(F)c(F)c2)no1. The summed E-state index contributed by atoms with van der Waals surface area (Å²) >= 11 is 0. The molecule has 1 aromatic carbocycles. The summed E-state index contributed by atoms with van der Waals surface area (Å²) in [5.41, 5.74) is 0.0208. The molecule has 90 valence electrons. The molecule has 0 aliphatic rings. The number of rotatable bonds is 3. The Morgan fingerprint density at radius 2 is 1.88 bits per heavy atom. The summed E-state index contributed by atoms with van der Waals surface area (Å²) in [5, 5.41) is 6.31. The first-order chi connectivity index (χ1) is 8.11. The van der Waals surface area contributed by atoms with Crippen LogP contribution in [-0.4, -0.2) is 17.2 Å². The zero-order valence-corrected chi connectivity index (χ0v) is 8.80. The van der Waals surface area contributed by atoms with Crippen LogP contribution in [0.2, 0.25) is 0 Å². The molecule has 1 N–H and O–H groups in total. The molecule has 2 rings (SSSR count). The van der Waals surface area contributed by atoms with Gasteiger partial charge in [-0.05, 0) is 19.2 Å². The molecule has 1 aromatic heterocycles. The number of halogens is 3. The summed E-state index contributed by atoms with van der Waals surface area (Å²) in [5.74, 6) is -3.83. The smallest absolute Gasteiger partial charge is 0.240 e. The second-order valence-electron chi connectivity index (χ2n) is 3.30. The van der Waals surface area contributed by atoms with Gasteiger partial charge in [0.1, 0.15) is 0 Å². The second-order valence-corrected chi connectivity index (χ2v) is 3.30. The minimum atomic E-state index is -1.52. The van der Waals surface area contributed by atoms with Gasteiger partial charge in [0.15, 0.2) is 17.5 Å². The van der Waals surface area contributed by atoms with Gasteiger partial charge in [0, 0.05) is 5.56 Å². The van der Waals surface area contributed by atoms with Crippen LogP contribution in [0.3, 0.4) is 0 Å². The highest BCUT2D eigenvalue weighted by Crippen LogP contribution is 2.21. The van der Waals surface area contributed by atoms with E-state index in [0.29, 0.717) is 6.54 Å². The van der Waals surface area contributed by atoms with Crippen LogP contribution in [0.25, 0.3) is 11.4 Å². The van der Waals surface area contributed by atoms with Crippen LogP contribution in [0.1, 0.15) is 5.89 Å². The number of benzene rings is 1. The van der Waals surface area contributed by atoms with E-state index in [4.69, 9.17) is 4.52 Å². The largest absolute Gasteiger partial charge is 0.338 e. The number of nitrogens with zero attached hydrogens (tertiary/aromatic N) is 2. The predicted octanol–water partition coefficient (Wildman–Crippen LogP) is 1.87. The van der Waals surface area contributed by atoms with Crippen LogP contribution in [0.15, 0.2) is 16.7 Å². The zero-order valence-electron chi connectivity index (χ0n) is 8.80. The van der Waals surface area contributed by atoms with Crippen LogP contribution in [0.5, 0.6) is 0 Å². The standard InChI is InChI=1S/C10H8F3N3O/c1-14-4-8-15-10(16-17-8)5-2-6(11)9(13)7(12)3-5/h2-3,14H,4H2,1H3. The molecular weight excluding hydrogens is 235 g/mol. The van der Waals surface area contributed by atoms with Gasteiger partial charge in [-0.15, -0.1) is 0 Å². The first-order valence-electron chi connectivity index (χ1n) is 4.74. The van der Waals surface area contributed by atoms with Crippen molar-refractivity contribution < 1.29 is 17.7 Å². The minimum Gasteiger partial charge on any atom is -0.338 e. The van der Waals surface area contributed by atoms with Gasteiger partial charge in [0.25, 0.3) is 0 Å². The monoisotopic (exact) mass is 243 g/mol. The van der Waals surface area contributed by atoms with E-state index in [9.17, 15) is 13.2 Å². The maximum absolute atomic E-state index is 13.0. The molecule has 0 bridgehead atoms. The fourth-order valence-electron chi connectivity index (χ4n) is 1.28. The molecule has 1 heterocycles. The summed E-state index contributed by atoms with van der Waals surface area (Å²) < 4.78 is 43.5. The molecule has 0 aliphatic carbocycles. The topological polar surface area (TPSA) is 51.0 Å². The Morgan fingerprint density at radius 1 is 1.24 bits per heavy atom. The third-order valence-electron chi connectivity index (χ3n) is 2.04. The Balaban J connectivity index is 2.39. The molecule has 0 fully saturated rings. The van der Waals surface area contributed by atoms with Gasteiger partial charge in [-0.25, -0.2) is 13.2 Å². The van der Waals surface area contributed by atoms with Gasteiger partial charge >= 0.3 is 0 Å². The molecule has 0 amide bonds. The van der Waals surface area contributed by atoms with Crippen molar-refractivity contribution >= 4 is 0 Å². The molecule has 0 saturated carbocycles. The van der Waals surface area contributed by atoms with Crippen molar-refractivity contribution in [3.63, 3.8) is 0 Å². The Morgan fingerprint density at radius 3 is 2.47 bits per heavy atom. The normalized spacial score (nSPS) is 10.8. The van der Waals surface area contributed by atoms with E-state index in [1.54, 1.807) is 7.05 Å². The number of hydrogen-bond donors (Lipinski definition) is 1. The third-order valence-corrected chi connectivity index (χ3v) is 2.04. The average molecular weight is 243 g/mol. The highest BCUT2D eigenvalue weighted by atomic mass is 19.2. The van der Waals surface area contributed by atoms with Gasteiger partial charge in [-0.2, -0.15) is 4.98 Å². The van der Waals surface area contributed by atoms with E-state index >= 15 is 0 Å². The van der Waals surface area contributed by atoms with Crippen molar-refractivity contribution in [2.75, 3.05) is 7.05 Å². The molecular formula is C10H8F3N3O. The van der Waals surface area contributed by atoms with Gasteiger partial charge in [0.2, 0.25) is 11.7 Å². The quantitative estimate of drug-likeness (QED) is 0.836. The van der Waals surface area contributed by atoms with Crippen molar-refractivity contribution in [3.05, 3.63) is 35.5 Å². The van der Waals surface area contributed by atoms with Crippen molar-refractivity contribution in [2.24, 2.45) is 0 Å². The lowest BCUT2D eigenvalue weighted by molar-refractivity contribution is 0.372. The zero-order chi connectivity index (χ0) is 12.4. The van der Waals surface area contributed by atoms with E-state index in [1.165, 1.54) is 0 Å². The highest BCUT2D eigenvalue weighted by molar-refractivity contribution is 5.54. The van der Waals surface area contributed by atoms with Crippen LogP contribution in [0, 0.1) is 17.5 Å². The Bertz CT molecular complexity index is 518. The number of hydrogen-bond acceptors (Lipinski definition) is 4. The maximum Gasteiger partial charge on any atom is 0.240 e. The molecule has 0 spiro atoms. The minimum absolute atomic E-state index is 0.00745. The molecule has 0 radical (unpaired) electrons. The first-order valence-corrected chi connectivity index (χ1v) is 4.74. The summed E-state index contributed by atoms with van der Waals surface area (Å²) in [7, 11) is 1.68. The van der Waals surface area contributed by atoms with Crippen molar-refractivity contribution in [3.8, 4) is 11.4 Å². The van der Waals surface area contributed by atoms with E-state index < -0.39 is 17.5 Å². The summed E-state index contributed by atoms with van der Waals surface area (Å²) in [4.78, 5) is 3.89. The number of nitrogens with one attached hydrogen (secondary N) is 1. The fourth-order valence-corrected chi connectivity index (χ4v) is 1.28. The lowest BCUT2D eigenvalue weighted by atomic mass is 10.2. The van der Waals surface area contributed by atoms with E-state index in [2.05, 4.69) is 15.5 Å². The first kappa shape index (κ1) is 11.6. The van der Waals surface area contributed by atoms with Crippen molar-refractivity contribution in [2.45, 2.75) is 6.54 Å². The van der Waals surface area contributed by atoms with Crippen LogP contribution >= 0.6 is 0 Å². The molecule has 0 aliphatic heterocycles. The van der Waals surface area contributed by atoms with Crippen LogP contribution in [-0.2, 0) is 6.54 Å². The van der Waals surface area contributed by atoms with Gasteiger partial charge in [-0.1, -0.05) is 5.16 Å². The Labute approximate surface area is 94.4 Å². The lowest BCUT2D eigenvalue weighted by Gasteiger charge is -1.98.